The van der Waals surface area contributed by atoms with E-state index < -0.39 is 40.1 Å². The van der Waals surface area contributed by atoms with Gasteiger partial charge < -0.3 is 14.9 Å². The maximum absolute atomic E-state index is 12.9. The van der Waals surface area contributed by atoms with Gasteiger partial charge in [-0.1, -0.05) is 0 Å². The number of methoxy groups -OCH3 is 1. The summed E-state index contributed by atoms with van der Waals surface area (Å²) < 4.78 is 60.3. The molecule has 1 rings (SSSR count). The van der Waals surface area contributed by atoms with Crippen molar-refractivity contribution in [3.63, 3.8) is 0 Å². The molecule has 0 radical (unpaired) electrons. The Morgan fingerprint density at radius 3 is 2.57 bits per heavy atom. The zero-order valence-corrected chi connectivity index (χ0v) is 12.8. The van der Waals surface area contributed by atoms with Crippen molar-refractivity contribution in [3.05, 3.63) is 17.4 Å². The summed E-state index contributed by atoms with van der Waals surface area (Å²) >= 11 is 0. The molecule has 1 heterocycles. The van der Waals surface area contributed by atoms with Crippen LogP contribution in [0.25, 0.3) is 0 Å². The standard InChI is InChI=1S/C10H14F2N2O5S.ClH/c1-6-7(9(15)18-2)3-8(19-6)20(16,17)14-5-10(11,12)4-13;/h3,14H,4-5,13H2,1-2H3;1H. The van der Waals surface area contributed by atoms with Crippen molar-refractivity contribution >= 4 is 28.4 Å². The Morgan fingerprint density at radius 1 is 1.52 bits per heavy atom. The molecule has 1 aromatic heterocycles. The van der Waals surface area contributed by atoms with E-state index in [1.165, 1.54) is 6.92 Å². The zero-order valence-electron chi connectivity index (χ0n) is 11.2. The largest absolute Gasteiger partial charge is 0.465 e. The van der Waals surface area contributed by atoms with Crippen molar-refractivity contribution in [1.29, 1.82) is 0 Å². The summed E-state index contributed by atoms with van der Waals surface area (Å²) in [6.07, 6.45) is 0. The van der Waals surface area contributed by atoms with Crippen LogP contribution in [0.15, 0.2) is 15.6 Å². The van der Waals surface area contributed by atoms with E-state index in [2.05, 4.69) is 4.74 Å². The second-order valence-electron chi connectivity index (χ2n) is 3.91. The summed E-state index contributed by atoms with van der Waals surface area (Å²) in [5.41, 5.74) is 4.69. The van der Waals surface area contributed by atoms with Crippen LogP contribution in [-0.4, -0.2) is 40.5 Å². The van der Waals surface area contributed by atoms with Crippen LogP contribution in [0.4, 0.5) is 8.78 Å². The number of halogens is 3. The predicted octanol–water partition coefficient (Wildman–Crippen LogP) is 0.669. The molecular weight excluding hydrogens is 334 g/mol. The molecule has 0 aliphatic heterocycles. The van der Waals surface area contributed by atoms with E-state index in [0.29, 0.717) is 0 Å². The minimum Gasteiger partial charge on any atom is -0.465 e. The Morgan fingerprint density at radius 2 is 2.10 bits per heavy atom. The molecule has 0 saturated heterocycles. The molecule has 0 amide bonds. The summed E-state index contributed by atoms with van der Waals surface area (Å²) in [6.45, 7) is -0.820. The number of hydrogen-bond acceptors (Lipinski definition) is 6. The minimum absolute atomic E-state index is 0. The van der Waals surface area contributed by atoms with Crippen molar-refractivity contribution < 1.29 is 31.1 Å². The lowest BCUT2D eigenvalue weighted by Crippen LogP contribution is -2.41. The van der Waals surface area contributed by atoms with E-state index >= 15 is 0 Å². The summed E-state index contributed by atoms with van der Waals surface area (Å²) in [7, 11) is -3.19. The van der Waals surface area contributed by atoms with Crippen molar-refractivity contribution in [2.75, 3.05) is 20.2 Å². The Balaban J connectivity index is 0.00000400. The van der Waals surface area contributed by atoms with Gasteiger partial charge in [-0.15, -0.1) is 12.4 Å². The highest BCUT2D eigenvalue weighted by atomic mass is 35.5. The number of furan rings is 1. The summed E-state index contributed by atoms with van der Waals surface area (Å²) in [5.74, 6) is -4.16. The van der Waals surface area contributed by atoms with Gasteiger partial charge in [0.25, 0.3) is 15.9 Å². The van der Waals surface area contributed by atoms with E-state index in [0.717, 1.165) is 13.2 Å². The SMILES string of the molecule is COC(=O)c1cc(S(=O)(=O)NCC(F)(F)CN)oc1C.Cl. The van der Waals surface area contributed by atoms with Gasteiger partial charge in [0.15, 0.2) is 0 Å². The van der Waals surface area contributed by atoms with Crippen LogP contribution in [0, 0.1) is 6.92 Å². The molecule has 7 nitrogen and oxygen atoms in total. The lowest BCUT2D eigenvalue weighted by atomic mass is 10.3. The maximum Gasteiger partial charge on any atom is 0.341 e. The number of sulfonamides is 1. The molecule has 0 aromatic carbocycles. The number of nitrogens with two attached hydrogens (primary N) is 1. The molecule has 0 saturated carbocycles. The van der Waals surface area contributed by atoms with Crippen molar-refractivity contribution in [3.8, 4) is 0 Å². The highest BCUT2D eigenvalue weighted by molar-refractivity contribution is 7.89. The second kappa shape index (κ2) is 7.16. The third kappa shape index (κ3) is 4.92. The fourth-order valence-electron chi connectivity index (χ4n) is 1.24. The molecule has 3 N–H and O–H groups in total. The Labute approximate surface area is 126 Å². The second-order valence-corrected chi connectivity index (χ2v) is 5.61. The molecule has 122 valence electrons. The zero-order chi connectivity index (χ0) is 15.6. The molecule has 0 aliphatic carbocycles. The molecule has 0 fully saturated rings. The van der Waals surface area contributed by atoms with Gasteiger partial charge in [0, 0.05) is 6.07 Å². The molecule has 0 aliphatic rings. The molecule has 21 heavy (non-hydrogen) atoms. The number of carbonyl (C=O) groups excluding carboxylic acids is 1. The minimum atomic E-state index is -4.31. The first-order valence-corrected chi connectivity index (χ1v) is 6.87. The van der Waals surface area contributed by atoms with E-state index in [-0.39, 0.29) is 23.7 Å². The number of carbonyl (C=O) groups is 1. The predicted molar refractivity (Wildman–Crippen MR) is 71.2 cm³/mol. The molecule has 0 atom stereocenters. The fourth-order valence-corrected chi connectivity index (χ4v) is 2.29. The smallest absolute Gasteiger partial charge is 0.341 e. The van der Waals surface area contributed by atoms with Gasteiger partial charge >= 0.3 is 5.97 Å². The van der Waals surface area contributed by atoms with Crippen LogP contribution in [0.2, 0.25) is 0 Å². The van der Waals surface area contributed by atoms with E-state index in [1.807, 2.05) is 0 Å². The quantitative estimate of drug-likeness (QED) is 0.731. The molecule has 1 aromatic rings. The van der Waals surface area contributed by atoms with Crippen LogP contribution < -0.4 is 10.5 Å². The van der Waals surface area contributed by atoms with Crippen LogP contribution in [0.1, 0.15) is 16.1 Å². The molecule has 11 heteroatoms. The van der Waals surface area contributed by atoms with E-state index in [9.17, 15) is 22.0 Å². The lowest BCUT2D eigenvalue weighted by molar-refractivity contribution is 0.0169. The van der Waals surface area contributed by atoms with Crippen molar-refractivity contribution in [1.82, 2.24) is 4.72 Å². The highest BCUT2D eigenvalue weighted by Crippen LogP contribution is 2.20. The maximum atomic E-state index is 12.9. The Hall–Kier alpha value is -1.23. The summed E-state index contributed by atoms with van der Waals surface area (Å²) in [4.78, 5) is 11.3. The first kappa shape index (κ1) is 19.8. The fraction of sp³-hybridized carbons (Fsp3) is 0.500. The van der Waals surface area contributed by atoms with Gasteiger partial charge in [-0.25, -0.2) is 26.7 Å². The third-order valence-electron chi connectivity index (χ3n) is 2.38. The van der Waals surface area contributed by atoms with Crippen LogP contribution in [0.5, 0.6) is 0 Å². The van der Waals surface area contributed by atoms with Crippen molar-refractivity contribution in [2.24, 2.45) is 5.73 Å². The van der Waals surface area contributed by atoms with Gasteiger partial charge in [0.05, 0.1) is 20.2 Å². The Bertz CT molecular complexity index is 603. The van der Waals surface area contributed by atoms with Gasteiger partial charge in [-0.3, -0.25) is 0 Å². The number of rotatable bonds is 6. The first-order valence-electron chi connectivity index (χ1n) is 5.39. The van der Waals surface area contributed by atoms with Gasteiger partial charge in [0.2, 0.25) is 5.09 Å². The lowest BCUT2D eigenvalue weighted by Gasteiger charge is -2.13. The number of hydrogen-bond donors (Lipinski definition) is 2. The average Bonchev–Trinajstić information content (AvgIpc) is 2.79. The van der Waals surface area contributed by atoms with Crippen LogP contribution in [-0.2, 0) is 14.8 Å². The number of ether oxygens (including phenoxy) is 1. The van der Waals surface area contributed by atoms with E-state index in [1.54, 1.807) is 4.72 Å². The normalized spacial score (nSPS) is 11.9. The number of alkyl halides is 2. The molecule has 0 unspecified atom stereocenters. The van der Waals surface area contributed by atoms with Crippen LogP contribution in [0.3, 0.4) is 0 Å². The number of aryl methyl sites for hydroxylation is 1. The van der Waals surface area contributed by atoms with Crippen molar-refractivity contribution in [2.45, 2.75) is 17.9 Å². The van der Waals surface area contributed by atoms with Gasteiger partial charge in [0.1, 0.15) is 11.3 Å². The van der Waals surface area contributed by atoms with E-state index in [4.69, 9.17) is 10.2 Å². The number of esters is 1. The molecule has 0 spiro atoms. The molecule has 0 bridgehead atoms. The topological polar surface area (TPSA) is 112 Å². The Kier molecular flexibility index (Phi) is 6.74. The summed E-state index contributed by atoms with van der Waals surface area (Å²) in [5, 5.41) is -0.650. The van der Waals surface area contributed by atoms with Crippen LogP contribution >= 0.6 is 12.4 Å². The monoisotopic (exact) mass is 348 g/mol. The average molecular weight is 349 g/mol. The highest BCUT2D eigenvalue weighted by Gasteiger charge is 2.31. The first-order chi connectivity index (χ1) is 9.13. The summed E-state index contributed by atoms with van der Waals surface area (Å²) in [6, 6.07) is 0.907. The third-order valence-corrected chi connectivity index (χ3v) is 3.64. The number of nitrogens with one attached hydrogen (secondary N) is 1. The van der Waals surface area contributed by atoms with Gasteiger partial charge in [-0.05, 0) is 6.92 Å². The van der Waals surface area contributed by atoms with Gasteiger partial charge in [-0.2, -0.15) is 0 Å². The molecular formula is C10H15ClF2N2O5S.